The van der Waals surface area contributed by atoms with Crippen LogP contribution in [0.3, 0.4) is 0 Å². The average Bonchev–Trinajstić information content (AvgIpc) is 3.84. The molecule has 1 aliphatic carbocycles. The summed E-state index contributed by atoms with van der Waals surface area (Å²) in [5.41, 5.74) is 0.00864. The zero-order valence-electron chi connectivity index (χ0n) is 33.1. The molecular formula is C43H73FO8. The fourth-order valence-corrected chi connectivity index (χ4v) is 8.30. The fourth-order valence-electron chi connectivity index (χ4n) is 8.30. The van der Waals surface area contributed by atoms with Gasteiger partial charge in [-0.3, -0.25) is 9.59 Å². The molecule has 0 saturated carbocycles. The molecule has 0 radical (unpaired) electrons. The number of aliphatic hydroxyl groups is 2. The van der Waals surface area contributed by atoms with Crippen molar-refractivity contribution in [2.45, 2.75) is 224 Å². The van der Waals surface area contributed by atoms with Crippen LogP contribution in [0.2, 0.25) is 0 Å². The van der Waals surface area contributed by atoms with Crippen molar-refractivity contribution in [3.63, 3.8) is 0 Å². The van der Waals surface area contributed by atoms with Gasteiger partial charge in [-0.25, -0.2) is 4.39 Å². The highest BCUT2D eigenvalue weighted by Gasteiger charge is 2.41. The Labute approximate surface area is 314 Å². The molecule has 9 heteroatoms. The zero-order chi connectivity index (χ0) is 37.7. The summed E-state index contributed by atoms with van der Waals surface area (Å²) in [6.45, 7) is 3.73. The molecule has 2 aliphatic heterocycles. The number of allylic oxidation sites excluding steroid dienone is 2. The van der Waals surface area contributed by atoms with Gasteiger partial charge in [0.1, 0.15) is 6.17 Å². The molecule has 3 aliphatic rings. The van der Waals surface area contributed by atoms with Crippen molar-refractivity contribution in [1.82, 2.24) is 0 Å². The smallest absolute Gasteiger partial charge is 0.230 e. The maximum absolute atomic E-state index is 15.0. The Balaban J connectivity index is 1.14. The number of carbonyl (C=O) groups is 2. The number of aliphatic hydroxyl groups excluding tert-OH is 2. The number of unbranched alkanes of at least 4 members (excludes halogenated alkanes) is 17. The van der Waals surface area contributed by atoms with Crippen molar-refractivity contribution >= 4 is 11.6 Å². The van der Waals surface area contributed by atoms with E-state index in [1.165, 1.54) is 98.2 Å². The van der Waals surface area contributed by atoms with Gasteiger partial charge < -0.3 is 29.2 Å². The lowest BCUT2D eigenvalue weighted by atomic mass is 9.88. The SMILES string of the molecule is CCCCCCCCCC[C@H](O)[C@H]1CC[C@H]([C@H]2CC[C@H](C(O)CCCCCCCCCCCCCC([18F])C3=C(C)C(=O)C(OC)=C(OC)C3=O)O2)O1. The molecule has 0 amide bonds. The third-order valence-corrected chi connectivity index (χ3v) is 11.6. The van der Waals surface area contributed by atoms with E-state index in [1.807, 2.05) is 0 Å². The minimum absolute atomic E-state index is 0.0361. The first-order valence-electron chi connectivity index (χ1n) is 21.2. The van der Waals surface area contributed by atoms with E-state index in [9.17, 15) is 19.8 Å². The number of ketones is 2. The van der Waals surface area contributed by atoms with Crippen LogP contribution in [0.1, 0.15) is 181 Å². The van der Waals surface area contributed by atoms with Crippen molar-refractivity contribution < 1.29 is 43.1 Å². The summed E-state index contributed by atoms with van der Waals surface area (Å²) in [5.74, 6) is -1.47. The summed E-state index contributed by atoms with van der Waals surface area (Å²) in [7, 11) is 2.58. The lowest BCUT2D eigenvalue weighted by Crippen LogP contribution is -2.33. The number of hydrogen-bond acceptors (Lipinski definition) is 8. The first-order valence-corrected chi connectivity index (χ1v) is 21.2. The molecule has 52 heavy (non-hydrogen) atoms. The predicted octanol–water partition coefficient (Wildman–Crippen LogP) is 9.72. The molecule has 0 aromatic rings. The number of hydrogen-bond donors (Lipinski definition) is 2. The highest BCUT2D eigenvalue weighted by molar-refractivity contribution is 6.23. The standard InChI is InChI=1S/C43H73FO8/c1-5-6-7-8-9-16-19-22-25-33(45)35-27-29-37(51-35)38-30-28-36(52-38)34(46)26-23-20-17-14-12-10-11-13-15-18-21-24-32(44)39-31(2)40(47)42(49-3)43(50-4)41(39)48/h32-38,45-46H,5-30H2,1-4H3/t32?,33-,34?,35+,36+,37+,38+/m0/s1/i44-1. The minimum atomic E-state index is -1.49. The number of carbonyl (C=O) groups excluding carboxylic acids is 2. The third kappa shape index (κ3) is 14.4. The van der Waals surface area contributed by atoms with E-state index in [1.54, 1.807) is 0 Å². The second kappa shape index (κ2) is 25.3. The van der Waals surface area contributed by atoms with E-state index in [4.69, 9.17) is 18.9 Å². The van der Waals surface area contributed by atoms with Gasteiger partial charge in [0.15, 0.2) is 0 Å². The highest BCUT2D eigenvalue weighted by atomic mass is 18.2. The first kappa shape index (κ1) is 44.6. The van der Waals surface area contributed by atoms with Gasteiger partial charge in [-0.15, -0.1) is 0 Å². The van der Waals surface area contributed by atoms with Crippen molar-refractivity contribution in [2.75, 3.05) is 14.2 Å². The van der Waals surface area contributed by atoms with Crippen LogP contribution in [0.25, 0.3) is 0 Å². The molecule has 2 fully saturated rings. The topological polar surface area (TPSA) is 112 Å². The van der Waals surface area contributed by atoms with Crippen molar-refractivity contribution in [3.8, 4) is 0 Å². The van der Waals surface area contributed by atoms with Crippen molar-refractivity contribution in [1.29, 1.82) is 0 Å². The van der Waals surface area contributed by atoms with Crippen LogP contribution >= 0.6 is 0 Å². The van der Waals surface area contributed by atoms with Crippen LogP contribution in [0.5, 0.6) is 0 Å². The molecule has 8 nitrogen and oxygen atoms in total. The van der Waals surface area contributed by atoms with Gasteiger partial charge in [0.2, 0.25) is 23.1 Å². The molecule has 2 heterocycles. The molecule has 2 N–H and O–H groups in total. The Kier molecular flexibility index (Phi) is 21.7. The summed E-state index contributed by atoms with van der Waals surface area (Å²) < 4.78 is 37.7. The minimum Gasteiger partial charge on any atom is -0.489 e. The summed E-state index contributed by atoms with van der Waals surface area (Å²) in [6.07, 6.45) is 25.0. The molecule has 300 valence electrons. The van der Waals surface area contributed by atoms with Crippen LogP contribution in [0.15, 0.2) is 22.7 Å². The van der Waals surface area contributed by atoms with Gasteiger partial charge in [0.25, 0.3) is 0 Å². The predicted molar refractivity (Wildman–Crippen MR) is 204 cm³/mol. The Morgan fingerprint density at radius 3 is 1.37 bits per heavy atom. The molecule has 7 atom stereocenters. The molecule has 0 aromatic carbocycles. The Morgan fingerprint density at radius 1 is 0.596 bits per heavy atom. The normalized spacial score (nSPS) is 24.2. The maximum Gasteiger partial charge on any atom is 0.230 e. The second-order valence-corrected chi connectivity index (χ2v) is 15.7. The van der Waals surface area contributed by atoms with Gasteiger partial charge in [-0.05, 0) is 51.9 Å². The van der Waals surface area contributed by atoms with Crippen molar-refractivity contribution in [2.24, 2.45) is 0 Å². The molecule has 2 unspecified atom stereocenters. The van der Waals surface area contributed by atoms with Crippen molar-refractivity contribution in [3.05, 3.63) is 22.7 Å². The lowest BCUT2D eigenvalue weighted by Gasteiger charge is -2.24. The molecule has 3 rings (SSSR count). The van der Waals surface area contributed by atoms with E-state index in [2.05, 4.69) is 6.92 Å². The number of halogens is 1. The summed E-state index contributed by atoms with van der Waals surface area (Å²) in [6, 6.07) is 0. The van der Waals surface area contributed by atoms with E-state index < -0.39 is 23.8 Å². The van der Waals surface area contributed by atoms with E-state index in [0.29, 0.717) is 6.42 Å². The third-order valence-electron chi connectivity index (χ3n) is 11.6. The molecule has 0 bridgehead atoms. The lowest BCUT2D eigenvalue weighted by molar-refractivity contribution is -0.121. The Hall–Kier alpha value is -1.81. The first-order chi connectivity index (χ1) is 25.2. The van der Waals surface area contributed by atoms with Crippen LogP contribution < -0.4 is 0 Å². The van der Waals surface area contributed by atoms with Gasteiger partial charge in [-0.1, -0.05) is 129 Å². The second-order valence-electron chi connectivity index (χ2n) is 15.7. The number of methoxy groups -OCH3 is 2. The van der Waals surface area contributed by atoms with Crippen LogP contribution in [-0.2, 0) is 28.5 Å². The van der Waals surface area contributed by atoms with Crippen LogP contribution in [-0.4, -0.2) is 78.8 Å². The Bertz CT molecular complexity index is 1100. The number of rotatable bonds is 29. The summed E-state index contributed by atoms with van der Waals surface area (Å²) in [4.78, 5) is 25.2. The van der Waals surface area contributed by atoms with E-state index >= 15 is 4.39 Å². The fraction of sp³-hybridized carbons (Fsp3) is 0.860. The molecule has 0 aromatic heterocycles. The molecular weight excluding hydrogens is 662 g/mol. The monoisotopic (exact) mass is 736 g/mol. The van der Waals surface area contributed by atoms with E-state index in [-0.39, 0.29) is 59.6 Å². The van der Waals surface area contributed by atoms with E-state index in [0.717, 1.165) is 77.0 Å². The van der Waals surface area contributed by atoms with Gasteiger partial charge in [-0.2, -0.15) is 0 Å². The van der Waals surface area contributed by atoms with Crippen LogP contribution in [0, 0.1) is 0 Å². The maximum atomic E-state index is 15.0. The molecule has 2 saturated heterocycles. The van der Waals surface area contributed by atoms with Gasteiger partial charge in [0.05, 0.1) is 50.8 Å². The quantitative estimate of drug-likeness (QED) is 0.0577. The number of ether oxygens (including phenoxy) is 4. The number of alkyl halides is 1. The number of Topliss-reactive ketones (excluding diaryl/α,β-unsaturated/α-hetero) is 2. The molecule has 0 spiro atoms. The Morgan fingerprint density at radius 2 is 0.962 bits per heavy atom. The average molecular weight is 736 g/mol. The van der Waals surface area contributed by atoms with Crippen LogP contribution in [0.4, 0.5) is 4.39 Å². The van der Waals surface area contributed by atoms with Gasteiger partial charge in [0, 0.05) is 11.1 Å². The highest BCUT2D eigenvalue weighted by Crippen LogP contribution is 2.35. The summed E-state index contributed by atoms with van der Waals surface area (Å²) >= 11 is 0. The zero-order valence-corrected chi connectivity index (χ0v) is 33.1. The summed E-state index contributed by atoms with van der Waals surface area (Å²) in [5, 5.41) is 21.5. The largest absolute Gasteiger partial charge is 0.489 e. The van der Waals surface area contributed by atoms with Gasteiger partial charge >= 0.3 is 0 Å².